The molecule has 2 aliphatic heterocycles. The molecule has 1 unspecified atom stereocenters. The van der Waals surface area contributed by atoms with Crippen LogP contribution in [0.25, 0.3) is 0 Å². The Labute approximate surface area is 216 Å². The molecule has 3 heterocycles. The molecule has 1 aromatic carbocycles. The molecule has 2 fully saturated rings. The lowest BCUT2D eigenvalue weighted by Crippen LogP contribution is -2.65. The average molecular weight is 534 g/mol. The zero-order valence-corrected chi connectivity index (χ0v) is 20.6. The van der Waals surface area contributed by atoms with Gasteiger partial charge in [0.1, 0.15) is 36.5 Å². The van der Waals surface area contributed by atoms with Gasteiger partial charge in [0.2, 0.25) is 5.91 Å². The van der Waals surface area contributed by atoms with Crippen LogP contribution in [0.3, 0.4) is 0 Å². The van der Waals surface area contributed by atoms with E-state index in [-0.39, 0.29) is 6.42 Å². The van der Waals surface area contributed by atoms with Gasteiger partial charge < -0.3 is 34.8 Å². The van der Waals surface area contributed by atoms with Gasteiger partial charge in [-0.05, 0) is 36.2 Å². The average Bonchev–Trinajstić information content (AvgIpc) is 3.16. The number of amides is 2. The van der Waals surface area contributed by atoms with E-state index < -0.39 is 53.0 Å². The van der Waals surface area contributed by atoms with E-state index in [0.29, 0.717) is 35.6 Å². The van der Waals surface area contributed by atoms with Crippen LogP contribution in [0.4, 0.5) is 10.6 Å². The number of carbonyl (C=O) groups excluding carboxylic acids is 2. The summed E-state index contributed by atoms with van der Waals surface area (Å²) in [5.74, 6) is -0.826. The van der Waals surface area contributed by atoms with Crippen molar-refractivity contribution >= 4 is 34.7 Å². The van der Waals surface area contributed by atoms with Gasteiger partial charge in [0.15, 0.2) is 12.3 Å². The lowest BCUT2D eigenvalue weighted by atomic mass is 9.97. The largest absolute Gasteiger partial charge is 0.492 e. The summed E-state index contributed by atoms with van der Waals surface area (Å²) in [5.41, 5.74) is 0.752. The highest BCUT2D eigenvalue weighted by Crippen LogP contribution is 2.35. The molecule has 12 nitrogen and oxygen atoms in total. The van der Waals surface area contributed by atoms with E-state index in [2.05, 4.69) is 4.98 Å². The number of hydrogen-bond donors (Lipinski definition) is 4. The molecule has 6 atom stereocenters. The number of thioether (sulfide) groups is 1. The molecule has 1 aromatic heterocycles. The van der Waals surface area contributed by atoms with Gasteiger partial charge in [0.05, 0.1) is 11.8 Å². The molecule has 0 saturated carbocycles. The topological polar surface area (TPSA) is 170 Å². The maximum Gasteiger partial charge on any atom is 0.335 e. The van der Waals surface area contributed by atoms with Crippen LogP contribution >= 0.6 is 11.8 Å². The number of benzene rings is 1. The SMILES string of the molecule is CN(CCOc1ccc(CC2SC(=O)N([C@@H]3O[C@H](C(=O)O)[C@@H](O)[C@H](O)[C@H]3O)C2=O)cc1)c1ccccn1. The summed E-state index contributed by atoms with van der Waals surface area (Å²) >= 11 is 0.715. The molecule has 2 aromatic rings. The van der Waals surface area contributed by atoms with E-state index in [0.717, 1.165) is 11.4 Å². The summed E-state index contributed by atoms with van der Waals surface area (Å²) in [7, 11) is 1.91. The Kier molecular flexibility index (Phi) is 8.29. The second-order valence-corrected chi connectivity index (χ2v) is 9.80. The first-order chi connectivity index (χ1) is 17.7. The van der Waals surface area contributed by atoms with Gasteiger partial charge >= 0.3 is 5.97 Å². The Balaban J connectivity index is 1.33. The fourth-order valence-electron chi connectivity index (χ4n) is 4.04. The molecular formula is C24H27N3O9S. The fourth-order valence-corrected chi connectivity index (χ4v) is 5.08. The lowest BCUT2D eigenvalue weighted by molar-refractivity contribution is -0.249. The number of ether oxygens (including phenoxy) is 2. The van der Waals surface area contributed by atoms with E-state index in [4.69, 9.17) is 9.47 Å². The number of aliphatic hydroxyl groups excluding tert-OH is 3. The minimum atomic E-state index is -1.92. The van der Waals surface area contributed by atoms with Gasteiger partial charge in [0, 0.05) is 13.2 Å². The van der Waals surface area contributed by atoms with Crippen molar-refractivity contribution in [3.63, 3.8) is 0 Å². The van der Waals surface area contributed by atoms with Crippen molar-refractivity contribution in [3.8, 4) is 5.75 Å². The Hall–Kier alpha value is -3.23. The highest BCUT2D eigenvalue weighted by atomic mass is 32.2. The molecule has 0 spiro atoms. The van der Waals surface area contributed by atoms with Crippen molar-refractivity contribution < 1.29 is 44.3 Å². The quantitative estimate of drug-likeness (QED) is 0.343. The Morgan fingerprint density at radius 2 is 1.84 bits per heavy atom. The van der Waals surface area contributed by atoms with Crippen molar-refractivity contribution in [2.24, 2.45) is 0 Å². The van der Waals surface area contributed by atoms with Crippen molar-refractivity contribution in [1.82, 2.24) is 9.88 Å². The Morgan fingerprint density at radius 1 is 1.11 bits per heavy atom. The van der Waals surface area contributed by atoms with Crippen molar-refractivity contribution in [1.29, 1.82) is 0 Å². The number of likely N-dealkylation sites (N-methyl/N-ethyl adjacent to an activating group) is 1. The zero-order valence-electron chi connectivity index (χ0n) is 19.8. The standard InChI is InChI=1S/C24H27N3O9S/c1-26(16-4-2-3-9-25-16)10-11-35-14-7-5-13(6-8-14)12-15-21(31)27(24(34)37-15)22-19(30)17(28)18(29)20(36-22)23(32)33/h2-9,15,17-20,22,28-30H,10-12H2,1H3,(H,32,33)/t15?,17-,18-,19+,20-,22+/m0/s1. The third-order valence-corrected chi connectivity index (χ3v) is 7.17. The Bertz CT molecular complexity index is 1120. The first kappa shape index (κ1) is 26.8. The second-order valence-electron chi connectivity index (χ2n) is 8.64. The fraction of sp³-hybridized carbons (Fsp3) is 0.417. The molecule has 0 radical (unpaired) electrons. The van der Waals surface area contributed by atoms with E-state index in [1.807, 2.05) is 30.1 Å². The van der Waals surface area contributed by atoms with E-state index in [1.54, 1.807) is 30.5 Å². The molecule has 4 rings (SSSR count). The Morgan fingerprint density at radius 3 is 2.49 bits per heavy atom. The smallest absolute Gasteiger partial charge is 0.335 e. The summed E-state index contributed by atoms with van der Waals surface area (Å²) in [4.78, 5) is 43.8. The number of aliphatic hydroxyl groups is 3. The van der Waals surface area contributed by atoms with Gasteiger partial charge in [-0.2, -0.15) is 0 Å². The summed E-state index contributed by atoms with van der Waals surface area (Å²) < 4.78 is 10.9. The molecule has 0 aliphatic carbocycles. The summed E-state index contributed by atoms with van der Waals surface area (Å²) in [6.45, 7) is 1.04. The summed E-state index contributed by atoms with van der Waals surface area (Å²) in [6.07, 6.45) is -7.45. The predicted octanol–water partition coefficient (Wildman–Crippen LogP) is 0.0955. The molecule has 0 bridgehead atoms. The van der Waals surface area contributed by atoms with Gasteiger partial charge in [-0.25, -0.2) is 14.7 Å². The molecule has 2 saturated heterocycles. The number of hydrogen-bond acceptors (Lipinski definition) is 11. The number of carboxylic acid groups (broad SMARTS) is 1. The first-order valence-electron chi connectivity index (χ1n) is 11.5. The number of imide groups is 1. The first-order valence-corrected chi connectivity index (χ1v) is 12.4. The number of rotatable bonds is 9. The highest BCUT2D eigenvalue weighted by Gasteiger charge is 2.54. The molecule has 4 N–H and O–H groups in total. The molecule has 37 heavy (non-hydrogen) atoms. The van der Waals surface area contributed by atoms with Crippen molar-refractivity contribution in [2.45, 2.75) is 42.3 Å². The van der Waals surface area contributed by atoms with Crippen LogP contribution < -0.4 is 9.64 Å². The third-order valence-electron chi connectivity index (χ3n) is 6.12. The minimum absolute atomic E-state index is 0.185. The number of anilines is 1. The molecule has 13 heteroatoms. The zero-order chi connectivity index (χ0) is 26.7. The van der Waals surface area contributed by atoms with Crippen LogP contribution in [-0.4, -0.2) is 104 Å². The molecule has 2 amide bonds. The maximum atomic E-state index is 13.0. The predicted molar refractivity (Wildman–Crippen MR) is 131 cm³/mol. The second kappa shape index (κ2) is 11.4. The highest BCUT2D eigenvalue weighted by molar-refractivity contribution is 8.15. The van der Waals surface area contributed by atoms with Gasteiger partial charge in [-0.1, -0.05) is 30.0 Å². The summed E-state index contributed by atoms with van der Waals surface area (Å²) in [5, 5.41) is 37.8. The number of aliphatic carboxylic acids is 1. The number of pyridine rings is 1. The monoisotopic (exact) mass is 533 g/mol. The number of aromatic nitrogens is 1. The molecule has 198 valence electrons. The van der Waals surface area contributed by atoms with Crippen LogP contribution in [0, 0.1) is 0 Å². The van der Waals surface area contributed by atoms with Crippen molar-refractivity contribution in [3.05, 3.63) is 54.2 Å². The third kappa shape index (κ3) is 5.86. The van der Waals surface area contributed by atoms with Crippen LogP contribution in [0.2, 0.25) is 0 Å². The van der Waals surface area contributed by atoms with Crippen LogP contribution in [0.5, 0.6) is 5.75 Å². The van der Waals surface area contributed by atoms with Crippen LogP contribution in [-0.2, 0) is 20.7 Å². The van der Waals surface area contributed by atoms with Crippen molar-refractivity contribution in [2.75, 3.05) is 25.1 Å². The van der Waals surface area contributed by atoms with Crippen LogP contribution in [0.1, 0.15) is 5.56 Å². The number of nitrogens with zero attached hydrogens (tertiary/aromatic N) is 3. The maximum absolute atomic E-state index is 13.0. The van der Waals surface area contributed by atoms with E-state index in [1.165, 1.54) is 0 Å². The van der Waals surface area contributed by atoms with Crippen LogP contribution in [0.15, 0.2) is 48.7 Å². The van der Waals surface area contributed by atoms with Gasteiger partial charge in [0.25, 0.3) is 5.24 Å². The minimum Gasteiger partial charge on any atom is -0.492 e. The van der Waals surface area contributed by atoms with E-state index >= 15 is 0 Å². The molecule has 2 aliphatic rings. The normalized spacial score (nSPS) is 27.8. The van der Waals surface area contributed by atoms with Gasteiger partial charge in [-0.15, -0.1) is 0 Å². The number of carbonyl (C=O) groups is 3. The van der Waals surface area contributed by atoms with E-state index in [9.17, 15) is 34.8 Å². The lowest BCUT2D eigenvalue weighted by Gasteiger charge is -2.41. The van der Waals surface area contributed by atoms with Gasteiger partial charge in [-0.3, -0.25) is 9.59 Å². The summed E-state index contributed by atoms with van der Waals surface area (Å²) in [6, 6.07) is 12.7. The molecular weight excluding hydrogens is 506 g/mol. The number of carboxylic acids is 1.